The molecule has 0 aliphatic carbocycles. The lowest BCUT2D eigenvalue weighted by atomic mass is 9.80. The molecule has 1 atom stereocenters. The van der Waals surface area contributed by atoms with Crippen LogP contribution >= 0.6 is 11.3 Å². The van der Waals surface area contributed by atoms with Crippen LogP contribution < -0.4 is 0 Å². The molecule has 90 valence electrons. The number of ether oxygens (including phenoxy) is 1. The van der Waals surface area contributed by atoms with Gasteiger partial charge in [0, 0.05) is 11.3 Å². The van der Waals surface area contributed by atoms with Crippen LogP contribution in [-0.4, -0.2) is 16.3 Å². The first kappa shape index (κ1) is 12.1. The highest BCUT2D eigenvalue weighted by Gasteiger charge is 2.58. The molecule has 1 aliphatic rings. The number of rotatable bonds is 1. The van der Waals surface area contributed by atoms with Crippen LogP contribution in [0.15, 0.2) is 11.4 Å². The van der Waals surface area contributed by atoms with Gasteiger partial charge in [-0.3, -0.25) is 0 Å². The summed E-state index contributed by atoms with van der Waals surface area (Å²) in [4.78, 5) is 1.04. The quantitative estimate of drug-likeness (QED) is 0.816. The van der Waals surface area contributed by atoms with Crippen molar-refractivity contribution in [1.29, 1.82) is 0 Å². The smallest absolute Gasteiger partial charge is 0.130 e. The highest BCUT2D eigenvalue weighted by Crippen LogP contribution is 2.52. The summed E-state index contributed by atoms with van der Waals surface area (Å²) in [5.74, 6) is 0. The van der Waals surface area contributed by atoms with E-state index in [2.05, 4.69) is 6.07 Å². The fourth-order valence-corrected chi connectivity index (χ4v) is 3.97. The van der Waals surface area contributed by atoms with Gasteiger partial charge in [0.1, 0.15) is 5.60 Å². The van der Waals surface area contributed by atoms with Gasteiger partial charge in [0.05, 0.1) is 11.2 Å². The lowest BCUT2D eigenvalue weighted by molar-refractivity contribution is -0.128. The fourth-order valence-electron chi connectivity index (χ4n) is 2.79. The van der Waals surface area contributed by atoms with Crippen molar-refractivity contribution in [2.24, 2.45) is 0 Å². The Morgan fingerprint density at radius 3 is 2.31 bits per heavy atom. The summed E-state index contributed by atoms with van der Waals surface area (Å²) in [6, 6.07) is 2.05. The summed E-state index contributed by atoms with van der Waals surface area (Å²) in [6.45, 7) is 10.1. The lowest BCUT2D eigenvalue weighted by Gasteiger charge is -2.34. The van der Waals surface area contributed by atoms with E-state index < -0.39 is 11.2 Å². The molecule has 0 spiro atoms. The van der Waals surface area contributed by atoms with Crippen molar-refractivity contribution in [3.63, 3.8) is 0 Å². The first-order valence-corrected chi connectivity index (χ1v) is 6.53. The molecule has 1 fully saturated rings. The molecular weight excluding hydrogens is 220 g/mol. The number of hydrogen-bond acceptors (Lipinski definition) is 3. The van der Waals surface area contributed by atoms with Gasteiger partial charge in [-0.05, 0) is 51.6 Å². The molecule has 2 rings (SSSR count). The zero-order chi connectivity index (χ0) is 12.2. The SMILES string of the molecule is Cc1ccsc1C1(O)CC(C)(C)OC1(C)C. The van der Waals surface area contributed by atoms with Crippen molar-refractivity contribution < 1.29 is 9.84 Å². The second-order valence-electron chi connectivity index (χ2n) is 5.84. The topological polar surface area (TPSA) is 29.5 Å². The molecule has 1 unspecified atom stereocenters. The van der Waals surface area contributed by atoms with Crippen LogP contribution in [0.25, 0.3) is 0 Å². The van der Waals surface area contributed by atoms with Gasteiger partial charge in [0.25, 0.3) is 0 Å². The van der Waals surface area contributed by atoms with Crippen LogP contribution in [0.3, 0.4) is 0 Å². The first-order chi connectivity index (χ1) is 7.18. The Morgan fingerprint density at radius 1 is 1.31 bits per heavy atom. The highest BCUT2D eigenvalue weighted by atomic mass is 32.1. The summed E-state index contributed by atoms with van der Waals surface area (Å²) < 4.78 is 5.99. The van der Waals surface area contributed by atoms with E-state index in [1.165, 1.54) is 0 Å². The Bertz CT molecular complexity index is 406. The van der Waals surface area contributed by atoms with Gasteiger partial charge in [-0.2, -0.15) is 0 Å². The van der Waals surface area contributed by atoms with Crippen molar-refractivity contribution in [2.45, 2.75) is 57.8 Å². The molecule has 1 aliphatic heterocycles. The van der Waals surface area contributed by atoms with E-state index in [1.807, 2.05) is 40.0 Å². The highest BCUT2D eigenvalue weighted by molar-refractivity contribution is 7.10. The summed E-state index contributed by atoms with van der Waals surface area (Å²) in [6.07, 6.45) is 0.647. The van der Waals surface area contributed by atoms with Crippen molar-refractivity contribution in [3.05, 3.63) is 21.9 Å². The lowest BCUT2D eigenvalue weighted by Crippen LogP contribution is -2.43. The maximum absolute atomic E-state index is 11.0. The molecule has 0 bridgehead atoms. The molecule has 16 heavy (non-hydrogen) atoms. The monoisotopic (exact) mass is 240 g/mol. The fraction of sp³-hybridized carbons (Fsp3) is 0.692. The Kier molecular flexibility index (Phi) is 2.50. The van der Waals surface area contributed by atoms with E-state index in [9.17, 15) is 5.11 Å². The standard InChI is InChI=1S/C13H20O2S/c1-9-6-7-16-10(9)13(14)8-11(2,3)15-12(13,4)5/h6-7,14H,8H2,1-5H3. The Hall–Kier alpha value is -0.380. The zero-order valence-electron chi connectivity index (χ0n) is 10.6. The van der Waals surface area contributed by atoms with E-state index in [0.717, 1.165) is 10.4 Å². The minimum Gasteiger partial charge on any atom is -0.381 e. The van der Waals surface area contributed by atoms with E-state index in [0.29, 0.717) is 6.42 Å². The van der Waals surface area contributed by atoms with Gasteiger partial charge in [-0.1, -0.05) is 0 Å². The maximum atomic E-state index is 11.0. The molecule has 2 heterocycles. The average Bonchev–Trinajstić information content (AvgIpc) is 2.53. The van der Waals surface area contributed by atoms with E-state index in [1.54, 1.807) is 11.3 Å². The van der Waals surface area contributed by atoms with Gasteiger partial charge in [0.2, 0.25) is 0 Å². The predicted octanol–water partition coefficient (Wildman–Crippen LogP) is 3.22. The summed E-state index contributed by atoms with van der Waals surface area (Å²) >= 11 is 1.62. The van der Waals surface area contributed by atoms with Crippen LogP contribution in [0, 0.1) is 6.92 Å². The minimum atomic E-state index is -0.866. The van der Waals surface area contributed by atoms with Crippen LogP contribution in [0.1, 0.15) is 44.6 Å². The summed E-state index contributed by atoms with van der Waals surface area (Å²) in [7, 11) is 0. The molecule has 1 N–H and O–H groups in total. The molecular formula is C13H20O2S. The van der Waals surface area contributed by atoms with Gasteiger partial charge >= 0.3 is 0 Å². The molecule has 0 saturated carbocycles. The number of thiophene rings is 1. The second kappa shape index (κ2) is 3.31. The Balaban J connectivity index is 2.50. The minimum absolute atomic E-state index is 0.269. The predicted molar refractivity (Wildman–Crippen MR) is 66.8 cm³/mol. The second-order valence-corrected chi connectivity index (χ2v) is 6.76. The van der Waals surface area contributed by atoms with E-state index in [4.69, 9.17) is 4.74 Å². The van der Waals surface area contributed by atoms with Gasteiger partial charge in [0.15, 0.2) is 0 Å². The molecule has 0 amide bonds. The molecule has 0 aromatic carbocycles. The first-order valence-electron chi connectivity index (χ1n) is 5.65. The van der Waals surface area contributed by atoms with Crippen molar-refractivity contribution >= 4 is 11.3 Å². The Morgan fingerprint density at radius 2 is 1.94 bits per heavy atom. The van der Waals surface area contributed by atoms with Crippen LogP contribution in [0.4, 0.5) is 0 Å². The molecule has 1 aromatic heterocycles. The Labute approximate surface area is 101 Å². The third-order valence-electron chi connectivity index (χ3n) is 3.45. The number of hydrogen-bond donors (Lipinski definition) is 1. The van der Waals surface area contributed by atoms with Gasteiger partial charge in [-0.15, -0.1) is 11.3 Å². The largest absolute Gasteiger partial charge is 0.381 e. The van der Waals surface area contributed by atoms with Gasteiger partial charge in [-0.25, -0.2) is 0 Å². The number of aryl methyl sites for hydroxylation is 1. The van der Waals surface area contributed by atoms with E-state index >= 15 is 0 Å². The van der Waals surface area contributed by atoms with Crippen LogP contribution in [-0.2, 0) is 10.3 Å². The molecule has 0 radical (unpaired) electrons. The van der Waals surface area contributed by atoms with Gasteiger partial charge < -0.3 is 9.84 Å². The number of aliphatic hydroxyl groups is 1. The summed E-state index contributed by atoms with van der Waals surface area (Å²) in [5, 5.41) is 13.0. The van der Waals surface area contributed by atoms with Crippen molar-refractivity contribution in [3.8, 4) is 0 Å². The van der Waals surface area contributed by atoms with Crippen molar-refractivity contribution in [1.82, 2.24) is 0 Å². The summed E-state index contributed by atoms with van der Waals surface area (Å²) in [5.41, 5.74) is -0.517. The maximum Gasteiger partial charge on any atom is 0.130 e. The molecule has 1 saturated heterocycles. The third kappa shape index (κ3) is 1.62. The third-order valence-corrected chi connectivity index (χ3v) is 4.61. The normalized spacial score (nSPS) is 31.9. The van der Waals surface area contributed by atoms with Crippen LogP contribution in [0.5, 0.6) is 0 Å². The zero-order valence-corrected chi connectivity index (χ0v) is 11.4. The molecule has 1 aromatic rings. The molecule has 3 heteroatoms. The average molecular weight is 240 g/mol. The van der Waals surface area contributed by atoms with Crippen LogP contribution in [0.2, 0.25) is 0 Å². The van der Waals surface area contributed by atoms with Crippen molar-refractivity contribution in [2.75, 3.05) is 0 Å². The molecule has 2 nitrogen and oxygen atoms in total. The van der Waals surface area contributed by atoms with E-state index in [-0.39, 0.29) is 5.60 Å².